The van der Waals surface area contributed by atoms with E-state index in [0.29, 0.717) is 35.8 Å². The zero-order valence-electron chi connectivity index (χ0n) is 17.3. The Labute approximate surface area is 193 Å². The molecule has 3 aliphatic heterocycles. The van der Waals surface area contributed by atoms with Crippen molar-refractivity contribution >= 4 is 46.8 Å². The first kappa shape index (κ1) is 21.3. The van der Waals surface area contributed by atoms with Gasteiger partial charge in [0.15, 0.2) is 0 Å². The maximum absolute atomic E-state index is 12.8. The average Bonchev–Trinajstić information content (AvgIpc) is 3.33. The third kappa shape index (κ3) is 3.97. The molecule has 168 valence electrons. The van der Waals surface area contributed by atoms with Crippen LogP contribution in [0.3, 0.4) is 0 Å². The van der Waals surface area contributed by atoms with Crippen LogP contribution >= 0.6 is 23.1 Å². The number of thiophene rings is 1. The quantitative estimate of drug-likeness (QED) is 0.460. The lowest BCUT2D eigenvalue weighted by Crippen LogP contribution is -2.70. The number of nitrogens with zero attached hydrogens (tertiary/aromatic N) is 2. The van der Waals surface area contributed by atoms with E-state index in [1.54, 1.807) is 6.08 Å². The summed E-state index contributed by atoms with van der Waals surface area (Å²) in [6.07, 6.45) is 4.77. The van der Waals surface area contributed by atoms with Crippen LogP contribution in [0.1, 0.15) is 24.1 Å². The number of thioether (sulfide) groups is 1. The standard InChI is InChI=1S/C22H23N3O5S2/c26-16(9-15-2-1-7-31-15)23-17-20(28)25-18(22(29)30)14(11-32-21(17)25)8-13-5-6-24(19(13)27)10-12-3-4-12/h1-2,7-8,12,17,21H,3-6,9-11H2,(H,23,26)(H,29,30)/t17-,21-/m1/s1. The summed E-state index contributed by atoms with van der Waals surface area (Å²) in [5, 5.41) is 14.0. The van der Waals surface area contributed by atoms with E-state index >= 15 is 0 Å². The normalized spacial score (nSPS) is 26.4. The molecule has 2 N–H and O–H groups in total. The number of carboxylic acid groups (broad SMARTS) is 1. The summed E-state index contributed by atoms with van der Waals surface area (Å²) < 4.78 is 0. The number of carbonyl (C=O) groups is 4. The Balaban J connectivity index is 1.30. The number of carboxylic acids is 1. The van der Waals surface area contributed by atoms with Crippen molar-refractivity contribution in [2.24, 2.45) is 5.92 Å². The molecule has 4 aliphatic rings. The minimum Gasteiger partial charge on any atom is -0.477 e. The monoisotopic (exact) mass is 473 g/mol. The summed E-state index contributed by atoms with van der Waals surface area (Å²) in [5.41, 5.74) is 1.00. The van der Waals surface area contributed by atoms with Gasteiger partial charge in [-0.25, -0.2) is 4.79 Å². The molecular formula is C22H23N3O5S2. The van der Waals surface area contributed by atoms with Gasteiger partial charge in [0, 0.05) is 29.3 Å². The number of nitrogens with one attached hydrogen (secondary N) is 1. The molecule has 2 atom stereocenters. The van der Waals surface area contributed by atoms with E-state index in [9.17, 15) is 24.3 Å². The van der Waals surface area contributed by atoms with E-state index < -0.39 is 23.3 Å². The highest BCUT2D eigenvalue weighted by atomic mass is 32.2. The van der Waals surface area contributed by atoms with Crippen LogP contribution in [-0.4, -0.2) is 68.9 Å². The van der Waals surface area contributed by atoms with Crippen LogP contribution in [0.2, 0.25) is 0 Å². The van der Waals surface area contributed by atoms with E-state index in [4.69, 9.17) is 0 Å². The lowest BCUT2D eigenvalue weighted by atomic mass is 10.0. The van der Waals surface area contributed by atoms with Crippen LogP contribution in [0.15, 0.2) is 40.4 Å². The van der Waals surface area contributed by atoms with Gasteiger partial charge in [-0.2, -0.15) is 0 Å². The second-order valence-corrected chi connectivity index (χ2v) is 10.6. The van der Waals surface area contributed by atoms with Gasteiger partial charge in [-0.05, 0) is 48.3 Å². The fraction of sp³-hybridized carbons (Fsp3) is 0.455. The van der Waals surface area contributed by atoms with Crippen LogP contribution in [0, 0.1) is 5.92 Å². The van der Waals surface area contributed by atoms with E-state index in [-0.39, 0.29) is 23.9 Å². The maximum atomic E-state index is 12.8. The lowest BCUT2D eigenvalue weighted by Gasteiger charge is -2.49. The van der Waals surface area contributed by atoms with Gasteiger partial charge in [-0.1, -0.05) is 6.07 Å². The van der Waals surface area contributed by atoms with Crippen LogP contribution < -0.4 is 5.32 Å². The molecule has 5 rings (SSSR count). The molecule has 32 heavy (non-hydrogen) atoms. The molecule has 3 fully saturated rings. The Hall–Kier alpha value is -2.59. The number of hydrogen-bond acceptors (Lipinski definition) is 6. The second kappa shape index (κ2) is 8.40. The Morgan fingerprint density at radius 3 is 2.78 bits per heavy atom. The van der Waals surface area contributed by atoms with Crippen molar-refractivity contribution in [2.45, 2.75) is 37.1 Å². The molecule has 3 amide bonds. The van der Waals surface area contributed by atoms with Crippen LogP contribution in [-0.2, 0) is 25.6 Å². The summed E-state index contributed by atoms with van der Waals surface area (Å²) in [7, 11) is 0. The molecule has 1 aromatic heterocycles. The first-order valence-corrected chi connectivity index (χ1v) is 12.6. The van der Waals surface area contributed by atoms with E-state index in [0.717, 1.165) is 24.3 Å². The molecule has 1 aliphatic carbocycles. The summed E-state index contributed by atoms with van der Waals surface area (Å²) in [5.74, 6) is -0.944. The Kier molecular flexibility index (Phi) is 5.58. The van der Waals surface area contributed by atoms with Gasteiger partial charge in [0.25, 0.3) is 5.91 Å². The van der Waals surface area contributed by atoms with E-state index in [1.165, 1.54) is 28.0 Å². The molecule has 2 saturated heterocycles. The smallest absolute Gasteiger partial charge is 0.352 e. The maximum Gasteiger partial charge on any atom is 0.352 e. The van der Waals surface area contributed by atoms with Gasteiger partial charge in [0.2, 0.25) is 11.8 Å². The molecule has 0 unspecified atom stereocenters. The van der Waals surface area contributed by atoms with E-state index in [2.05, 4.69) is 5.32 Å². The van der Waals surface area contributed by atoms with Crippen molar-refractivity contribution in [1.82, 2.24) is 15.1 Å². The van der Waals surface area contributed by atoms with Gasteiger partial charge in [0.1, 0.15) is 17.1 Å². The number of likely N-dealkylation sites (tertiary alicyclic amines) is 1. The molecule has 0 bridgehead atoms. The molecular weight excluding hydrogens is 450 g/mol. The summed E-state index contributed by atoms with van der Waals surface area (Å²) >= 11 is 2.88. The van der Waals surface area contributed by atoms with Crippen molar-refractivity contribution in [1.29, 1.82) is 0 Å². The van der Waals surface area contributed by atoms with Crippen LogP contribution in [0.4, 0.5) is 0 Å². The minimum atomic E-state index is -1.20. The van der Waals surface area contributed by atoms with Crippen molar-refractivity contribution < 1.29 is 24.3 Å². The third-order valence-corrected chi connectivity index (χ3v) is 8.35. The summed E-state index contributed by atoms with van der Waals surface area (Å²) in [4.78, 5) is 53.9. The highest BCUT2D eigenvalue weighted by Crippen LogP contribution is 2.41. The number of fused-ring (bicyclic) bond motifs is 1. The first-order valence-electron chi connectivity index (χ1n) is 10.6. The van der Waals surface area contributed by atoms with Crippen molar-refractivity contribution in [2.75, 3.05) is 18.8 Å². The largest absolute Gasteiger partial charge is 0.477 e. The Morgan fingerprint density at radius 1 is 1.28 bits per heavy atom. The second-order valence-electron chi connectivity index (χ2n) is 8.50. The highest BCUT2D eigenvalue weighted by molar-refractivity contribution is 8.00. The number of rotatable bonds is 7. The SMILES string of the molecule is O=C(Cc1cccs1)N[C@@H]1C(=O)N2C(C(=O)O)=C(C=C3CCN(CC4CC4)C3=O)CS[C@H]12. The van der Waals surface area contributed by atoms with Crippen molar-refractivity contribution in [3.8, 4) is 0 Å². The van der Waals surface area contributed by atoms with Gasteiger partial charge in [-0.15, -0.1) is 23.1 Å². The number of hydrogen-bond donors (Lipinski definition) is 2. The van der Waals surface area contributed by atoms with Gasteiger partial charge < -0.3 is 15.3 Å². The number of aliphatic carboxylic acids is 1. The Morgan fingerprint density at radius 2 is 2.09 bits per heavy atom. The lowest BCUT2D eigenvalue weighted by molar-refractivity contribution is -0.150. The summed E-state index contributed by atoms with van der Waals surface area (Å²) in [6.45, 7) is 1.43. The van der Waals surface area contributed by atoms with Gasteiger partial charge in [-0.3, -0.25) is 19.3 Å². The van der Waals surface area contributed by atoms with Crippen LogP contribution in [0.25, 0.3) is 0 Å². The van der Waals surface area contributed by atoms with Crippen molar-refractivity contribution in [3.63, 3.8) is 0 Å². The molecule has 4 heterocycles. The zero-order valence-corrected chi connectivity index (χ0v) is 18.9. The zero-order chi connectivity index (χ0) is 22.4. The molecule has 8 nitrogen and oxygen atoms in total. The number of allylic oxidation sites excluding steroid dienone is 1. The fourth-order valence-electron chi connectivity index (χ4n) is 4.35. The average molecular weight is 474 g/mol. The number of carbonyl (C=O) groups excluding carboxylic acids is 3. The first-order chi connectivity index (χ1) is 15.4. The van der Waals surface area contributed by atoms with Gasteiger partial charge >= 0.3 is 5.97 Å². The summed E-state index contributed by atoms with van der Waals surface area (Å²) in [6, 6.07) is 2.98. The molecule has 10 heteroatoms. The van der Waals surface area contributed by atoms with E-state index in [1.807, 2.05) is 22.4 Å². The molecule has 0 aromatic carbocycles. The molecule has 1 saturated carbocycles. The fourth-order valence-corrected chi connectivity index (χ4v) is 6.36. The number of β-lactam (4-membered cyclic amide) rings is 1. The minimum absolute atomic E-state index is 0.0325. The third-order valence-electron chi connectivity index (χ3n) is 6.17. The predicted molar refractivity (Wildman–Crippen MR) is 120 cm³/mol. The Bertz CT molecular complexity index is 1040. The predicted octanol–water partition coefficient (Wildman–Crippen LogP) is 1.60. The van der Waals surface area contributed by atoms with Crippen molar-refractivity contribution in [3.05, 3.63) is 45.3 Å². The highest BCUT2D eigenvalue weighted by Gasteiger charge is 2.54. The molecule has 0 spiro atoms. The topological polar surface area (TPSA) is 107 Å². The molecule has 1 aromatic rings. The van der Waals surface area contributed by atoms with Gasteiger partial charge in [0.05, 0.1) is 6.42 Å². The number of amides is 3. The molecule has 0 radical (unpaired) electrons. The van der Waals surface area contributed by atoms with Crippen LogP contribution in [0.5, 0.6) is 0 Å².